The fourth-order valence-electron chi connectivity index (χ4n) is 2.97. The standard InChI is InChI=1S/C17H18BrN/c18-17-8-4-2-6-13(17)10-15(19)11-14-9-12-5-1-3-7-16(12)14/h1-8,14-15H,9-11,19H2. The molecule has 1 aliphatic carbocycles. The van der Waals surface area contributed by atoms with E-state index in [1.807, 2.05) is 6.07 Å². The van der Waals surface area contributed by atoms with Gasteiger partial charge in [-0.2, -0.15) is 0 Å². The van der Waals surface area contributed by atoms with Gasteiger partial charge in [-0.3, -0.25) is 0 Å². The Balaban J connectivity index is 1.62. The predicted molar refractivity (Wildman–Crippen MR) is 83.3 cm³/mol. The summed E-state index contributed by atoms with van der Waals surface area (Å²) in [6.45, 7) is 0. The smallest absolute Gasteiger partial charge is 0.0207 e. The summed E-state index contributed by atoms with van der Waals surface area (Å²) in [5, 5.41) is 0. The van der Waals surface area contributed by atoms with Crippen LogP contribution in [0.25, 0.3) is 0 Å². The molecule has 0 bridgehead atoms. The highest BCUT2D eigenvalue weighted by Crippen LogP contribution is 2.38. The third-order valence-corrected chi connectivity index (χ3v) is 4.76. The van der Waals surface area contributed by atoms with Crippen LogP contribution in [0.3, 0.4) is 0 Å². The molecule has 1 nitrogen and oxygen atoms in total. The minimum Gasteiger partial charge on any atom is -0.327 e. The minimum atomic E-state index is 0.233. The van der Waals surface area contributed by atoms with Crippen LogP contribution in [-0.4, -0.2) is 6.04 Å². The fraction of sp³-hybridized carbons (Fsp3) is 0.294. The van der Waals surface area contributed by atoms with Gasteiger partial charge in [-0.05, 0) is 47.9 Å². The van der Waals surface area contributed by atoms with Crippen molar-refractivity contribution in [2.45, 2.75) is 31.2 Å². The van der Waals surface area contributed by atoms with Gasteiger partial charge in [0.25, 0.3) is 0 Å². The second-order valence-corrected chi connectivity index (χ2v) is 6.25. The van der Waals surface area contributed by atoms with Crippen molar-refractivity contribution < 1.29 is 0 Å². The quantitative estimate of drug-likeness (QED) is 0.905. The molecule has 2 aromatic carbocycles. The van der Waals surface area contributed by atoms with E-state index in [1.54, 1.807) is 0 Å². The Hall–Kier alpha value is -1.12. The maximum absolute atomic E-state index is 6.32. The number of hydrogen-bond donors (Lipinski definition) is 1. The molecule has 0 spiro atoms. The number of rotatable bonds is 4. The van der Waals surface area contributed by atoms with E-state index in [0.717, 1.165) is 12.8 Å². The summed E-state index contributed by atoms with van der Waals surface area (Å²) in [6.07, 6.45) is 3.22. The van der Waals surface area contributed by atoms with Crippen LogP contribution in [-0.2, 0) is 12.8 Å². The summed E-state index contributed by atoms with van der Waals surface area (Å²) < 4.78 is 1.17. The molecule has 19 heavy (non-hydrogen) atoms. The molecule has 98 valence electrons. The highest BCUT2D eigenvalue weighted by Gasteiger charge is 2.26. The summed E-state index contributed by atoms with van der Waals surface area (Å²) >= 11 is 3.59. The molecule has 2 aromatic rings. The van der Waals surface area contributed by atoms with E-state index in [-0.39, 0.29) is 6.04 Å². The van der Waals surface area contributed by atoms with Gasteiger partial charge in [0.1, 0.15) is 0 Å². The molecule has 0 amide bonds. The Kier molecular flexibility index (Phi) is 3.72. The summed E-state index contributed by atoms with van der Waals surface area (Å²) in [4.78, 5) is 0. The number of hydrogen-bond acceptors (Lipinski definition) is 1. The lowest BCUT2D eigenvalue weighted by atomic mass is 9.74. The van der Waals surface area contributed by atoms with E-state index >= 15 is 0 Å². The van der Waals surface area contributed by atoms with E-state index < -0.39 is 0 Å². The van der Waals surface area contributed by atoms with Crippen LogP contribution in [0.5, 0.6) is 0 Å². The fourth-order valence-corrected chi connectivity index (χ4v) is 3.41. The normalized spacial score (nSPS) is 18.5. The third kappa shape index (κ3) is 2.75. The summed E-state index contributed by atoms with van der Waals surface area (Å²) in [6, 6.07) is 17.3. The first-order chi connectivity index (χ1) is 9.24. The molecular formula is C17H18BrN. The van der Waals surface area contributed by atoms with Crippen molar-refractivity contribution in [3.8, 4) is 0 Å². The Morgan fingerprint density at radius 3 is 2.63 bits per heavy atom. The van der Waals surface area contributed by atoms with Gasteiger partial charge in [0.05, 0.1) is 0 Å². The van der Waals surface area contributed by atoms with Crippen LogP contribution >= 0.6 is 15.9 Å². The molecule has 2 unspecified atom stereocenters. The van der Waals surface area contributed by atoms with E-state index in [1.165, 1.54) is 27.6 Å². The van der Waals surface area contributed by atoms with Crippen LogP contribution in [0.1, 0.15) is 29.0 Å². The molecule has 0 heterocycles. The van der Waals surface area contributed by atoms with Crippen LogP contribution in [0.2, 0.25) is 0 Å². The SMILES string of the molecule is NC(Cc1ccccc1Br)CC1Cc2ccccc21. The van der Waals surface area contributed by atoms with Gasteiger partial charge < -0.3 is 5.73 Å². The average Bonchev–Trinajstić information content (AvgIpc) is 2.39. The Morgan fingerprint density at radius 2 is 1.84 bits per heavy atom. The van der Waals surface area contributed by atoms with Crippen LogP contribution in [0, 0.1) is 0 Å². The summed E-state index contributed by atoms with van der Waals surface area (Å²) in [5.74, 6) is 0.661. The number of nitrogens with two attached hydrogens (primary N) is 1. The minimum absolute atomic E-state index is 0.233. The summed E-state index contributed by atoms with van der Waals surface area (Å²) in [5.41, 5.74) is 10.6. The molecule has 0 aliphatic heterocycles. The van der Waals surface area contributed by atoms with Crippen LogP contribution in [0.4, 0.5) is 0 Å². The van der Waals surface area contributed by atoms with Crippen molar-refractivity contribution in [1.82, 2.24) is 0 Å². The second kappa shape index (κ2) is 5.48. The first-order valence-electron chi connectivity index (χ1n) is 6.81. The van der Waals surface area contributed by atoms with Gasteiger partial charge in [-0.15, -0.1) is 0 Å². The largest absolute Gasteiger partial charge is 0.327 e. The van der Waals surface area contributed by atoms with Crippen molar-refractivity contribution in [1.29, 1.82) is 0 Å². The Labute approximate surface area is 123 Å². The monoisotopic (exact) mass is 315 g/mol. The average molecular weight is 316 g/mol. The highest BCUT2D eigenvalue weighted by atomic mass is 79.9. The zero-order valence-corrected chi connectivity index (χ0v) is 12.4. The maximum atomic E-state index is 6.32. The maximum Gasteiger partial charge on any atom is 0.0207 e. The van der Waals surface area contributed by atoms with Crippen LogP contribution in [0.15, 0.2) is 53.0 Å². The molecule has 0 saturated carbocycles. The molecular weight excluding hydrogens is 298 g/mol. The molecule has 0 fully saturated rings. The lowest BCUT2D eigenvalue weighted by Crippen LogP contribution is -2.29. The van der Waals surface area contributed by atoms with Gasteiger partial charge in [-0.25, -0.2) is 0 Å². The first-order valence-corrected chi connectivity index (χ1v) is 7.60. The van der Waals surface area contributed by atoms with Crippen molar-refractivity contribution in [2.24, 2.45) is 5.73 Å². The molecule has 2 atom stereocenters. The van der Waals surface area contributed by atoms with Gasteiger partial charge in [0.15, 0.2) is 0 Å². The number of fused-ring (bicyclic) bond motifs is 1. The van der Waals surface area contributed by atoms with Crippen molar-refractivity contribution >= 4 is 15.9 Å². The molecule has 2 heteroatoms. The van der Waals surface area contributed by atoms with Crippen molar-refractivity contribution in [2.75, 3.05) is 0 Å². The highest BCUT2D eigenvalue weighted by molar-refractivity contribution is 9.10. The lowest BCUT2D eigenvalue weighted by molar-refractivity contribution is 0.484. The van der Waals surface area contributed by atoms with E-state index in [4.69, 9.17) is 5.73 Å². The molecule has 0 aromatic heterocycles. The zero-order chi connectivity index (χ0) is 13.2. The van der Waals surface area contributed by atoms with E-state index in [0.29, 0.717) is 5.92 Å². The van der Waals surface area contributed by atoms with Crippen molar-refractivity contribution in [3.63, 3.8) is 0 Å². The van der Waals surface area contributed by atoms with Gasteiger partial charge in [0, 0.05) is 10.5 Å². The Morgan fingerprint density at radius 1 is 1.11 bits per heavy atom. The van der Waals surface area contributed by atoms with Crippen LogP contribution < -0.4 is 5.73 Å². The molecule has 1 aliphatic rings. The van der Waals surface area contributed by atoms with E-state index in [2.05, 4.69) is 58.4 Å². The van der Waals surface area contributed by atoms with Gasteiger partial charge >= 0.3 is 0 Å². The predicted octanol–water partition coefficient (Wildman–Crippen LogP) is 4.05. The first kappa shape index (κ1) is 12.9. The Bertz CT molecular complexity index is 579. The number of benzene rings is 2. The topological polar surface area (TPSA) is 26.0 Å². The van der Waals surface area contributed by atoms with Gasteiger partial charge in [0.2, 0.25) is 0 Å². The van der Waals surface area contributed by atoms with Crippen molar-refractivity contribution in [3.05, 3.63) is 69.7 Å². The summed E-state index contributed by atoms with van der Waals surface area (Å²) in [7, 11) is 0. The lowest BCUT2D eigenvalue weighted by Gasteiger charge is -2.32. The van der Waals surface area contributed by atoms with E-state index in [9.17, 15) is 0 Å². The second-order valence-electron chi connectivity index (χ2n) is 5.39. The van der Waals surface area contributed by atoms with Gasteiger partial charge in [-0.1, -0.05) is 58.4 Å². The molecule has 0 radical (unpaired) electrons. The third-order valence-electron chi connectivity index (χ3n) is 3.99. The zero-order valence-electron chi connectivity index (χ0n) is 10.9. The number of halogens is 1. The molecule has 0 saturated heterocycles. The molecule has 2 N–H and O–H groups in total. The molecule has 3 rings (SSSR count).